The summed E-state index contributed by atoms with van der Waals surface area (Å²) in [5.41, 5.74) is 26.0. The Morgan fingerprint density at radius 3 is 1.16 bits per heavy atom. The van der Waals surface area contributed by atoms with Crippen LogP contribution in [0.1, 0.15) is 25.7 Å². The molecule has 0 amide bonds. The first kappa shape index (κ1) is 19.3. The molecule has 0 spiro atoms. The van der Waals surface area contributed by atoms with Gasteiger partial charge in [-0.2, -0.15) is 15.0 Å². The monoisotopic (exact) mass is 272 g/mol. The molecule has 9 nitrogen and oxygen atoms in total. The van der Waals surface area contributed by atoms with Crippen molar-refractivity contribution in [3.63, 3.8) is 0 Å². The lowest BCUT2D eigenvalue weighted by Gasteiger charge is -1.94. The Morgan fingerprint density at radius 1 is 0.684 bits per heavy atom. The first-order valence-electron chi connectivity index (χ1n) is 5.81. The molecule has 1 rings (SSSR count). The van der Waals surface area contributed by atoms with Crippen LogP contribution in [-0.2, 0) is 4.79 Å². The van der Waals surface area contributed by atoms with E-state index in [4.69, 9.17) is 33.5 Å². The zero-order valence-corrected chi connectivity index (χ0v) is 11.1. The zero-order valence-electron chi connectivity index (χ0n) is 11.1. The molecule has 0 bridgehead atoms. The van der Waals surface area contributed by atoms with E-state index >= 15 is 0 Å². The van der Waals surface area contributed by atoms with Crippen molar-refractivity contribution in [2.24, 2.45) is 11.5 Å². The molecule has 0 aromatic carbocycles. The Labute approximate surface area is 113 Å². The second-order valence-electron chi connectivity index (χ2n) is 3.40. The van der Waals surface area contributed by atoms with Crippen molar-refractivity contribution in [2.45, 2.75) is 25.7 Å². The van der Waals surface area contributed by atoms with Crippen LogP contribution in [0, 0.1) is 0 Å². The number of nitrogen functional groups attached to an aromatic ring is 3. The van der Waals surface area contributed by atoms with Crippen molar-refractivity contribution in [2.75, 3.05) is 30.3 Å². The smallest absolute Gasteiger partial charge is 0.226 e. The molecule has 0 fully saturated rings. The highest BCUT2D eigenvalue weighted by atomic mass is 16.1. The van der Waals surface area contributed by atoms with Crippen molar-refractivity contribution in [1.29, 1.82) is 0 Å². The fraction of sp³-hybridized carbons (Fsp3) is 0.600. The van der Waals surface area contributed by atoms with Gasteiger partial charge >= 0.3 is 0 Å². The number of carbonyl (C=O) groups excluding carboxylic acids is 1. The minimum absolute atomic E-state index is 0.0417. The highest BCUT2D eigenvalue weighted by molar-refractivity contribution is 5.33. The minimum atomic E-state index is 0.0417. The second kappa shape index (κ2) is 14.1. The molecule has 1 aromatic rings. The van der Waals surface area contributed by atoms with E-state index in [1.165, 1.54) is 12.8 Å². The number of unbranched alkanes of at least 4 members (excludes halogenated alkanes) is 3. The van der Waals surface area contributed by atoms with Crippen LogP contribution in [0.15, 0.2) is 0 Å². The maximum Gasteiger partial charge on any atom is 0.226 e. The summed E-state index contributed by atoms with van der Waals surface area (Å²) >= 11 is 0. The number of nitrogens with zero attached hydrogens (tertiary/aromatic N) is 3. The summed E-state index contributed by atoms with van der Waals surface area (Å²) < 4.78 is 0. The molecule has 9 heteroatoms. The second-order valence-corrected chi connectivity index (χ2v) is 3.40. The van der Waals surface area contributed by atoms with Gasteiger partial charge in [-0.25, -0.2) is 0 Å². The number of hydrogen-bond donors (Lipinski definition) is 5. The van der Waals surface area contributed by atoms with E-state index in [9.17, 15) is 0 Å². The van der Waals surface area contributed by atoms with Gasteiger partial charge in [-0.15, -0.1) is 0 Å². The van der Waals surface area contributed by atoms with Gasteiger partial charge in [0.1, 0.15) is 6.79 Å². The van der Waals surface area contributed by atoms with E-state index < -0.39 is 0 Å². The average Bonchev–Trinajstić information content (AvgIpc) is 2.36. The third-order valence-electron chi connectivity index (χ3n) is 1.85. The van der Waals surface area contributed by atoms with Crippen LogP contribution >= 0.6 is 0 Å². The van der Waals surface area contributed by atoms with Crippen LogP contribution in [-0.4, -0.2) is 34.8 Å². The molecule has 19 heavy (non-hydrogen) atoms. The van der Waals surface area contributed by atoms with Gasteiger partial charge in [-0.05, 0) is 25.9 Å². The quantitative estimate of drug-likeness (QED) is 0.414. The third-order valence-corrected chi connectivity index (χ3v) is 1.85. The minimum Gasteiger partial charge on any atom is -0.368 e. The summed E-state index contributed by atoms with van der Waals surface area (Å²) in [4.78, 5) is 18.5. The molecule has 0 aliphatic heterocycles. The van der Waals surface area contributed by atoms with Gasteiger partial charge in [0.2, 0.25) is 17.8 Å². The Hall–Kier alpha value is -2.00. The van der Waals surface area contributed by atoms with Gasteiger partial charge in [0.05, 0.1) is 0 Å². The van der Waals surface area contributed by atoms with Crippen LogP contribution in [0.2, 0.25) is 0 Å². The van der Waals surface area contributed by atoms with Gasteiger partial charge in [-0.1, -0.05) is 12.8 Å². The predicted molar refractivity (Wildman–Crippen MR) is 76.8 cm³/mol. The van der Waals surface area contributed by atoms with Crippen LogP contribution in [0.4, 0.5) is 17.8 Å². The van der Waals surface area contributed by atoms with Crippen molar-refractivity contribution >= 4 is 24.6 Å². The summed E-state index contributed by atoms with van der Waals surface area (Å²) in [6, 6.07) is 0. The number of anilines is 3. The van der Waals surface area contributed by atoms with E-state index in [1.54, 1.807) is 0 Å². The molecule has 10 N–H and O–H groups in total. The molecule has 0 unspecified atom stereocenters. The van der Waals surface area contributed by atoms with E-state index in [0.717, 1.165) is 25.9 Å². The van der Waals surface area contributed by atoms with Gasteiger partial charge in [0.25, 0.3) is 0 Å². The largest absolute Gasteiger partial charge is 0.368 e. The first-order chi connectivity index (χ1) is 9.10. The molecule has 1 aromatic heterocycles. The summed E-state index contributed by atoms with van der Waals surface area (Å²) in [5, 5.41) is 0. The zero-order chi connectivity index (χ0) is 15.1. The summed E-state index contributed by atoms with van der Waals surface area (Å²) in [5.74, 6) is 0.125. The van der Waals surface area contributed by atoms with Crippen molar-refractivity contribution < 1.29 is 4.79 Å². The van der Waals surface area contributed by atoms with E-state index in [0.29, 0.717) is 0 Å². The maximum atomic E-state index is 8.00. The van der Waals surface area contributed by atoms with Crippen molar-refractivity contribution in [3.05, 3.63) is 0 Å². The van der Waals surface area contributed by atoms with Crippen LogP contribution in [0.5, 0.6) is 0 Å². The molecular formula is C10H24N8O. The molecule has 1 heterocycles. The molecule has 0 atom stereocenters. The fourth-order valence-corrected chi connectivity index (χ4v) is 1.07. The highest BCUT2D eigenvalue weighted by Gasteiger charge is 1.93. The Balaban J connectivity index is 0. The van der Waals surface area contributed by atoms with Crippen molar-refractivity contribution in [1.82, 2.24) is 15.0 Å². The van der Waals surface area contributed by atoms with Crippen LogP contribution < -0.4 is 28.7 Å². The SMILES string of the molecule is C=O.NCCCCCCN.Nc1nc(N)nc(N)n1. The Morgan fingerprint density at radius 2 is 0.947 bits per heavy atom. The van der Waals surface area contributed by atoms with Gasteiger partial charge in [0, 0.05) is 0 Å². The van der Waals surface area contributed by atoms with Gasteiger partial charge in [0.15, 0.2) is 0 Å². The number of hydrogen-bond acceptors (Lipinski definition) is 9. The number of aromatic nitrogens is 3. The van der Waals surface area contributed by atoms with E-state index in [-0.39, 0.29) is 17.8 Å². The lowest BCUT2D eigenvalue weighted by atomic mass is 10.2. The standard InChI is InChI=1S/C6H16N2.C3H6N6.CH2O/c7-5-3-1-2-4-6-8;4-1-7-2(5)9-3(6)8-1;1-2/h1-8H2;(H6,4,5,6,7,8,9);1H2. The van der Waals surface area contributed by atoms with E-state index in [1.807, 2.05) is 6.79 Å². The first-order valence-corrected chi connectivity index (χ1v) is 5.81. The van der Waals surface area contributed by atoms with Crippen LogP contribution in [0.25, 0.3) is 0 Å². The number of rotatable bonds is 5. The average molecular weight is 272 g/mol. The molecule has 0 radical (unpaired) electrons. The molecule has 0 saturated carbocycles. The molecular weight excluding hydrogens is 248 g/mol. The topological polar surface area (TPSA) is 186 Å². The number of carbonyl (C=O) groups is 1. The van der Waals surface area contributed by atoms with Gasteiger partial charge < -0.3 is 33.5 Å². The lowest BCUT2D eigenvalue weighted by Crippen LogP contribution is -2.05. The number of nitrogens with two attached hydrogens (primary N) is 5. The lowest BCUT2D eigenvalue weighted by molar-refractivity contribution is -0.0979. The summed E-state index contributed by atoms with van der Waals surface area (Å²) in [6.45, 7) is 3.65. The Kier molecular flexibility index (Phi) is 14.3. The molecule has 0 aliphatic rings. The fourth-order valence-electron chi connectivity index (χ4n) is 1.07. The highest BCUT2D eigenvalue weighted by Crippen LogP contribution is 1.97. The summed E-state index contributed by atoms with van der Waals surface area (Å²) in [7, 11) is 0. The summed E-state index contributed by atoms with van der Waals surface area (Å²) in [6.07, 6.45) is 4.79. The van der Waals surface area contributed by atoms with E-state index in [2.05, 4.69) is 15.0 Å². The normalized spacial score (nSPS) is 8.74. The van der Waals surface area contributed by atoms with Crippen LogP contribution in [0.3, 0.4) is 0 Å². The van der Waals surface area contributed by atoms with Crippen molar-refractivity contribution in [3.8, 4) is 0 Å². The molecule has 0 saturated heterocycles. The Bertz CT molecular complexity index is 266. The molecule has 0 aliphatic carbocycles. The maximum absolute atomic E-state index is 8.00. The predicted octanol–water partition coefficient (Wildman–Crippen LogP) is -1.10. The molecule has 110 valence electrons. The third kappa shape index (κ3) is 13.9. The van der Waals surface area contributed by atoms with Gasteiger partial charge in [-0.3, -0.25) is 0 Å².